The summed E-state index contributed by atoms with van der Waals surface area (Å²) in [5.41, 5.74) is 0.254. The first-order chi connectivity index (χ1) is 8.20. The van der Waals surface area contributed by atoms with Crippen molar-refractivity contribution in [2.45, 2.75) is 25.6 Å². The molecular formula is C11H10F4O3. The van der Waals surface area contributed by atoms with E-state index in [1.165, 1.54) is 13.0 Å². The van der Waals surface area contributed by atoms with E-state index < -0.39 is 30.5 Å². The number of hydrogen-bond acceptors (Lipinski definition) is 2. The van der Waals surface area contributed by atoms with Crippen molar-refractivity contribution in [1.29, 1.82) is 0 Å². The van der Waals surface area contributed by atoms with Crippen molar-refractivity contribution in [3.8, 4) is 5.75 Å². The topological polar surface area (TPSA) is 46.5 Å². The number of ether oxygens (including phenoxy) is 1. The summed E-state index contributed by atoms with van der Waals surface area (Å²) in [7, 11) is 0. The molecule has 0 aliphatic carbocycles. The lowest BCUT2D eigenvalue weighted by molar-refractivity contribution is -0.200. The van der Waals surface area contributed by atoms with Crippen LogP contribution in [0.25, 0.3) is 0 Å². The quantitative estimate of drug-likeness (QED) is 0.852. The number of benzene rings is 1. The maximum absolute atomic E-state index is 13.1. The first-order valence-electron chi connectivity index (χ1n) is 4.91. The highest BCUT2D eigenvalue weighted by Gasteiger charge is 2.43. The van der Waals surface area contributed by atoms with Crippen LogP contribution < -0.4 is 4.74 Å². The van der Waals surface area contributed by atoms with Gasteiger partial charge < -0.3 is 9.84 Å². The van der Waals surface area contributed by atoms with E-state index in [9.17, 15) is 22.4 Å². The van der Waals surface area contributed by atoms with Gasteiger partial charge in [0.25, 0.3) is 0 Å². The Hall–Kier alpha value is -1.79. The van der Waals surface area contributed by atoms with Gasteiger partial charge in [-0.2, -0.15) is 13.2 Å². The number of halogens is 4. The van der Waals surface area contributed by atoms with Crippen molar-refractivity contribution in [2.24, 2.45) is 0 Å². The maximum Gasteiger partial charge on any atom is 0.425 e. The van der Waals surface area contributed by atoms with Crippen molar-refractivity contribution >= 4 is 5.97 Å². The molecule has 0 spiro atoms. The molecular weight excluding hydrogens is 256 g/mol. The normalized spacial score (nSPS) is 13.2. The number of carboxylic acid groups (broad SMARTS) is 1. The molecule has 0 bridgehead atoms. The SMILES string of the molecule is Cc1ccc(OC(CC(=O)O)C(F)(F)F)cc1F. The van der Waals surface area contributed by atoms with Crippen molar-refractivity contribution in [3.63, 3.8) is 0 Å². The Morgan fingerprint density at radius 2 is 2.06 bits per heavy atom. The van der Waals surface area contributed by atoms with E-state index in [4.69, 9.17) is 5.11 Å². The molecule has 1 N–H and O–H groups in total. The van der Waals surface area contributed by atoms with Gasteiger partial charge in [0, 0.05) is 6.07 Å². The van der Waals surface area contributed by atoms with Gasteiger partial charge in [-0.3, -0.25) is 4.79 Å². The lowest BCUT2D eigenvalue weighted by atomic mass is 10.2. The van der Waals surface area contributed by atoms with Crippen molar-refractivity contribution in [1.82, 2.24) is 0 Å². The molecule has 3 nitrogen and oxygen atoms in total. The van der Waals surface area contributed by atoms with Gasteiger partial charge in [-0.15, -0.1) is 0 Å². The summed E-state index contributed by atoms with van der Waals surface area (Å²) in [6.45, 7) is 1.44. The van der Waals surface area contributed by atoms with Crippen molar-refractivity contribution in [3.05, 3.63) is 29.6 Å². The van der Waals surface area contributed by atoms with Gasteiger partial charge in [0.15, 0.2) is 0 Å². The molecule has 0 saturated heterocycles. The standard InChI is InChI=1S/C11H10F4O3/c1-6-2-3-7(4-8(6)12)18-9(5-10(16)17)11(13,14)15/h2-4,9H,5H2,1H3,(H,16,17). The molecule has 0 aromatic heterocycles. The number of carbonyl (C=O) groups is 1. The van der Waals surface area contributed by atoms with Crippen LogP contribution in [-0.2, 0) is 4.79 Å². The number of alkyl halides is 3. The predicted octanol–water partition coefficient (Wildman–Crippen LogP) is 2.92. The third-order valence-corrected chi connectivity index (χ3v) is 2.15. The summed E-state index contributed by atoms with van der Waals surface area (Å²) in [6, 6.07) is 3.19. The van der Waals surface area contributed by atoms with Gasteiger partial charge in [-0.25, -0.2) is 4.39 Å². The van der Waals surface area contributed by atoms with Gasteiger partial charge in [0.1, 0.15) is 11.6 Å². The fourth-order valence-corrected chi connectivity index (χ4v) is 1.19. The Balaban J connectivity index is 2.89. The monoisotopic (exact) mass is 266 g/mol. The number of hydrogen-bond donors (Lipinski definition) is 1. The van der Waals surface area contributed by atoms with E-state index in [1.54, 1.807) is 0 Å². The van der Waals surface area contributed by atoms with E-state index >= 15 is 0 Å². The minimum Gasteiger partial charge on any atom is -0.481 e. The second-order valence-corrected chi connectivity index (χ2v) is 3.66. The molecule has 18 heavy (non-hydrogen) atoms. The van der Waals surface area contributed by atoms with Gasteiger partial charge in [0.05, 0.1) is 6.42 Å². The summed E-state index contributed by atoms with van der Waals surface area (Å²) in [4.78, 5) is 10.3. The zero-order chi connectivity index (χ0) is 13.9. The first-order valence-corrected chi connectivity index (χ1v) is 4.91. The Morgan fingerprint density at radius 1 is 1.44 bits per heavy atom. The summed E-state index contributed by atoms with van der Waals surface area (Å²) in [5.74, 6) is -2.73. The van der Waals surface area contributed by atoms with Gasteiger partial charge in [-0.05, 0) is 18.6 Å². The highest BCUT2D eigenvalue weighted by molar-refractivity contribution is 5.67. The number of rotatable bonds is 4. The fraction of sp³-hybridized carbons (Fsp3) is 0.364. The molecule has 1 rings (SSSR count). The summed E-state index contributed by atoms with van der Waals surface area (Å²) < 4.78 is 55.0. The lowest BCUT2D eigenvalue weighted by Gasteiger charge is -2.20. The highest BCUT2D eigenvalue weighted by atomic mass is 19.4. The van der Waals surface area contributed by atoms with Crippen LogP contribution in [0.5, 0.6) is 5.75 Å². The van der Waals surface area contributed by atoms with E-state index in [0.717, 1.165) is 12.1 Å². The van der Waals surface area contributed by atoms with Crippen LogP contribution in [0, 0.1) is 12.7 Å². The zero-order valence-corrected chi connectivity index (χ0v) is 9.29. The highest BCUT2D eigenvalue weighted by Crippen LogP contribution is 2.28. The van der Waals surface area contributed by atoms with Crippen LogP contribution in [0.1, 0.15) is 12.0 Å². The third kappa shape index (κ3) is 3.90. The fourth-order valence-electron chi connectivity index (χ4n) is 1.19. The van der Waals surface area contributed by atoms with Crippen molar-refractivity contribution < 1.29 is 32.2 Å². The van der Waals surface area contributed by atoms with Crippen molar-refractivity contribution in [2.75, 3.05) is 0 Å². The average molecular weight is 266 g/mol. The van der Waals surface area contributed by atoms with Gasteiger partial charge in [0.2, 0.25) is 6.10 Å². The molecule has 0 saturated carbocycles. The smallest absolute Gasteiger partial charge is 0.425 e. The number of carboxylic acids is 1. The summed E-state index contributed by atoms with van der Waals surface area (Å²) in [6.07, 6.45) is -8.57. The minimum absolute atomic E-state index is 0.254. The molecule has 7 heteroatoms. The maximum atomic E-state index is 13.1. The van der Waals surface area contributed by atoms with Crippen LogP contribution in [0.3, 0.4) is 0 Å². The Labute approximate surface area is 100.0 Å². The molecule has 1 atom stereocenters. The zero-order valence-electron chi connectivity index (χ0n) is 9.29. The molecule has 1 unspecified atom stereocenters. The molecule has 0 radical (unpaired) electrons. The van der Waals surface area contributed by atoms with Gasteiger partial charge in [-0.1, -0.05) is 6.07 Å². The summed E-state index contributed by atoms with van der Waals surface area (Å²) >= 11 is 0. The van der Waals surface area contributed by atoms with E-state index in [2.05, 4.69) is 4.74 Å². The molecule has 1 aromatic carbocycles. The molecule has 0 aliphatic heterocycles. The van der Waals surface area contributed by atoms with Gasteiger partial charge >= 0.3 is 12.1 Å². The Morgan fingerprint density at radius 3 is 2.50 bits per heavy atom. The van der Waals surface area contributed by atoms with E-state index in [1.807, 2.05) is 0 Å². The molecule has 100 valence electrons. The Kier molecular flexibility index (Phi) is 4.15. The minimum atomic E-state index is -4.83. The molecule has 0 aliphatic rings. The van der Waals surface area contributed by atoms with Crippen LogP contribution in [0.15, 0.2) is 18.2 Å². The van der Waals surface area contributed by atoms with E-state index in [-0.39, 0.29) is 11.3 Å². The first kappa shape index (κ1) is 14.3. The number of aryl methyl sites for hydroxylation is 1. The van der Waals surface area contributed by atoms with Crippen LogP contribution in [0.4, 0.5) is 17.6 Å². The molecule has 0 fully saturated rings. The number of aliphatic carboxylic acids is 1. The molecule has 0 amide bonds. The molecule has 1 aromatic rings. The Bertz CT molecular complexity index is 442. The van der Waals surface area contributed by atoms with Crippen LogP contribution >= 0.6 is 0 Å². The second kappa shape index (κ2) is 5.24. The third-order valence-electron chi connectivity index (χ3n) is 2.15. The summed E-state index contributed by atoms with van der Waals surface area (Å²) in [5, 5.41) is 8.37. The van der Waals surface area contributed by atoms with Crippen LogP contribution in [0.2, 0.25) is 0 Å². The predicted molar refractivity (Wildman–Crippen MR) is 53.9 cm³/mol. The van der Waals surface area contributed by atoms with E-state index in [0.29, 0.717) is 0 Å². The van der Waals surface area contributed by atoms with Crippen LogP contribution in [-0.4, -0.2) is 23.4 Å². The lowest BCUT2D eigenvalue weighted by Crippen LogP contribution is -2.36. The second-order valence-electron chi connectivity index (χ2n) is 3.66. The molecule has 0 heterocycles. The average Bonchev–Trinajstić information content (AvgIpc) is 2.20. The largest absolute Gasteiger partial charge is 0.481 e.